The van der Waals surface area contributed by atoms with Crippen LogP contribution in [0.4, 0.5) is 0 Å². The van der Waals surface area contributed by atoms with Crippen LogP contribution in [0.15, 0.2) is 24.3 Å². The molecule has 126 valence electrons. The zero-order chi connectivity index (χ0) is 16.8. The van der Waals surface area contributed by atoms with E-state index >= 15 is 0 Å². The molecule has 0 spiro atoms. The van der Waals surface area contributed by atoms with Crippen molar-refractivity contribution < 1.29 is 19.8 Å². The van der Waals surface area contributed by atoms with Crippen molar-refractivity contribution in [3.05, 3.63) is 29.8 Å². The quantitative estimate of drug-likeness (QED) is 0.576. The summed E-state index contributed by atoms with van der Waals surface area (Å²) in [6.45, 7) is 1.70. The highest BCUT2D eigenvalue weighted by molar-refractivity contribution is 5.79. The Morgan fingerprint density at radius 2 is 1.87 bits per heavy atom. The highest BCUT2D eigenvalue weighted by Gasteiger charge is 2.25. The highest BCUT2D eigenvalue weighted by atomic mass is 16.3. The number of hydrogen-bond donors (Lipinski definition) is 4. The molecule has 1 saturated heterocycles. The summed E-state index contributed by atoms with van der Waals surface area (Å²) >= 11 is 0. The fraction of sp³-hybridized carbons (Fsp3) is 0.500. The number of hydrogen-bond acceptors (Lipinski definition) is 5. The number of aliphatic hydroxyl groups is 1. The Kier molecular flexibility index (Phi) is 5.95. The summed E-state index contributed by atoms with van der Waals surface area (Å²) in [5.41, 5.74) is 5.80. The van der Waals surface area contributed by atoms with Gasteiger partial charge in [0.15, 0.2) is 0 Å². The number of amides is 2. The van der Waals surface area contributed by atoms with Gasteiger partial charge >= 0.3 is 0 Å². The van der Waals surface area contributed by atoms with Crippen molar-refractivity contribution in [3.8, 4) is 5.75 Å². The van der Waals surface area contributed by atoms with Crippen LogP contribution in [-0.2, 0) is 9.59 Å². The predicted octanol–water partition coefficient (Wildman–Crippen LogP) is -0.261. The molecular weight excluding hydrogens is 298 g/mol. The number of aliphatic hydroxyl groups excluding tert-OH is 1. The predicted molar refractivity (Wildman–Crippen MR) is 84.4 cm³/mol. The minimum absolute atomic E-state index is 0.0819. The number of benzene rings is 1. The number of phenolic OH excluding ortho intramolecular Hbond substituents is 1. The van der Waals surface area contributed by atoms with E-state index in [-0.39, 0.29) is 36.6 Å². The first-order valence-electron chi connectivity index (χ1n) is 7.71. The van der Waals surface area contributed by atoms with E-state index in [4.69, 9.17) is 5.73 Å². The van der Waals surface area contributed by atoms with Crippen molar-refractivity contribution in [1.82, 2.24) is 10.2 Å². The van der Waals surface area contributed by atoms with Gasteiger partial charge in [-0.15, -0.1) is 0 Å². The van der Waals surface area contributed by atoms with Crippen LogP contribution in [0.3, 0.4) is 0 Å². The fourth-order valence-corrected chi connectivity index (χ4v) is 2.73. The number of nitrogens with one attached hydrogen (secondary N) is 1. The lowest BCUT2D eigenvalue weighted by Gasteiger charge is -2.30. The molecule has 1 fully saturated rings. The van der Waals surface area contributed by atoms with E-state index in [9.17, 15) is 19.8 Å². The standard InChI is InChI=1S/C16H23N3O4/c17-15(22)10-19-7-5-12(6-8-19)16(23)18-9-14(21)11-1-3-13(20)4-2-11/h1-4,12,14,20-21H,5-10H2,(H2,17,22)(H,18,23)/t14-/m0/s1. The highest BCUT2D eigenvalue weighted by Crippen LogP contribution is 2.19. The summed E-state index contributed by atoms with van der Waals surface area (Å²) in [4.78, 5) is 25.0. The number of phenols is 1. The zero-order valence-electron chi connectivity index (χ0n) is 12.9. The lowest BCUT2D eigenvalue weighted by Crippen LogP contribution is -2.44. The smallest absolute Gasteiger partial charge is 0.231 e. The molecule has 0 radical (unpaired) electrons. The SMILES string of the molecule is NC(=O)CN1CCC(C(=O)NC[C@H](O)c2ccc(O)cc2)CC1. The number of carbonyl (C=O) groups is 2. The second-order valence-corrected chi connectivity index (χ2v) is 5.87. The van der Waals surface area contributed by atoms with Gasteiger partial charge in [-0.1, -0.05) is 12.1 Å². The van der Waals surface area contributed by atoms with Crippen molar-refractivity contribution in [1.29, 1.82) is 0 Å². The second-order valence-electron chi connectivity index (χ2n) is 5.87. The van der Waals surface area contributed by atoms with Crippen molar-refractivity contribution >= 4 is 11.8 Å². The molecule has 1 heterocycles. The molecule has 2 rings (SSSR count). The maximum atomic E-state index is 12.1. The van der Waals surface area contributed by atoms with Crippen molar-refractivity contribution in [3.63, 3.8) is 0 Å². The number of aromatic hydroxyl groups is 1. The zero-order valence-corrected chi connectivity index (χ0v) is 12.9. The summed E-state index contributed by atoms with van der Waals surface area (Å²) in [5.74, 6) is -0.412. The lowest BCUT2D eigenvalue weighted by atomic mass is 9.95. The normalized spacial score (nSPS) is 17.6. The number of nitrogens with zero attached hydrogens (tertiary/aromatic N) is 1. The second kappa shape index (κ2) is 7.94. The Morgan fingerprint density at radius 3 is 2.43 bits per heavy atom. The molecule has 0 aliphatic carbocycles. The van der Waals surface area contributed by atoms with Gasteiger partial charge in [-0.05, 0) is 43.6 Å². The first-order valence-corrected chi connectivity index (χ1v) is 7.71. The minimum Gasteiger partial charge on any atom is -0.508 e. The summed E-state index contributed by atoms with van der Waals surface area (Å²) in [5, 5.41) is 22.0. The Balaban J connectivity index is 1.75. The summed E-state index contributed by atoms with van der Waals surface area (Å²) in [6, 6.07) is 6.23. The van der Waals surface area contributed by atoms with Crippen LogP contribution in [0.2, 0.25) is 0 Å². The van der Waals surface area contributed by atoms with E-state index in [2.05, 4.69) is 5.32 Å². The average Bonchev–Trinajstić information content (AvgIpc) is 2.53. The largest absolute Gasteiger partial charge is 0.508 e. The monoisotopic (exact) mass is 321 g/mol. The Hall–Kier alpha value is -2.12. The van der Waals surface area contributed by atoms with Crippen LogP contribution in [-0.4, -0.2) is 53.1 Å². The van der Waals surface area contributed by atoms with Gasteiger partial charge in [0.05, 0.1) is 12.6 Å². The third-order valence-corrected chi connectivity index (χ3v) is 4.09. The third-order valence-electron chi connectivity index (χ3n) is 4.09. The van der Waals surface area contributed by atoms with Crippen LogP contribution in [0.5, 0.6) is 5.75 Å². The van der Waals surface area contributed by atoms with Crippen LogP contribution in [0, 0.1) is 5.92 Å². The van der Waals surface area contributed by atoms with Gasteiger partial charge in [-0.2, -0.15) is 0 Å². The van der Waals surface area contributed by atoms with E-state index in [1.165, 1.54) is 12.1 Å². The molecule has 0 bridgehead atoms. The van der Waals surface area contributed by atoms with Gasteiger partial charge in [0.25, 0.3) is 0 Å². The number of carbonyl (C=O) groups excluding carboxylic acids is 2. The van der Waals surface area contributed by atoms with Crippen molar-refractivity contribution in [2.45, 2.75) is 18.9 Å². The van der Waals surface area contributed by atoms with Crippen molar-refractivity contribution in [2.24, 2.45) is 11.7 Å². The molecule has 1 aliphatic rings. The first kappa shape index (κ1) is 17.2. The summed E-state index contributed by atoms with van der Waals surface area (Å²) in [6.07, 6.45) is 0.539. The molecule has 23 heavy (non-hydrogen) atoms. The molecule has 0 aromatic heterocycles. The molecule has 1 aromatic carbocycles. The van der Waals surface area contributed by atoms with Crippen LogP contribution < -0.4 is 11.1 Å². The molecule has 7 heteroatoms. The number of primary amides is 1. The van der Waals surface area contributed by atoms with E-state index in [0.717, 1.165) is 0 Å². The van der Waals surface area contributed by atoms with Gasteiger partial charge in [0, 0.05) is 12.5 Å². The molecule has 2 amide bonds. The topological polar surface area (TPSA) is 116 Å². The van der Waals surface area contributed by atoms with E-state index < -0.39 is 6.10 Å². The number of piperidine rings is 1. The fourth-order valence-electron chi connectivity index (χ4n) is 2.73. The Morgan fingerprint density at radius 1 is 1.26 bits per heavy atom. The van der Waals surface area contributed by atoms with Gasteiger partial charge in [-0.25, -0.2) is 0 Å². The number of likely N-dealkylation sites (tertiary alicyclic amines) is 1. The van der Waals surface area contributed by atoms with Crippen molar-refractivity contribution in [2.75, 3.05) is 26.2 Å². The van der Waals surface area contributed by atoms with Gasteiger partial charge < -0.3 is 21.3 Å². The van der Waals surface area contributed by atoms with Gasteiger partial charge in [-0.3, -0.25) is 14.5 Å². The third kappa shape index (κ3) is 5.22. The van der Waals surface area contributed by atoms with E-state index in [1.807, 2.05) is 4.90 Å². The molecule has 5 N–H and O–H groups in total. The van der Waals surface area contributed by atoms with Crippen LogP contribution >= 0.6 is 0 Å². The number of rotatable bonds is 6. The lowest BCUT2D eigenvalue weighted by molar-refractivity contribution is -0.127. The minimum atomic E-state index is -0.811. The van der Waals surface area contributed by atoms with Crippen LogP contribution in [0.1, 0.15) is 24.5 Å². The van der Waals surface area contributed by atoms with Gasteiger partial charge in [0.1, 0.15) is 5.75 Å². The number of nitrogens with two attached hydrogens (primary N) is 1. The maximum Gasteiger partial charge on any atom is 0.231 e. The molecule has 7 nitrogen and oxygen atoms in total. The summed E-state index contributed by atoms with van der Waals surface area (Å²) < 4.78 is 0. The van der Waals surface area contributed by atoms with E-state index in [1.54, 1.807) is 12.1 Å². The Bertz CT molecular complexity index is 539. The van der Waals surface area contributed by atoms with Crippen LogP contribution in [0.25, 0.3) is 0 Å². The Labute approximate surface area is 135 Å². The van der Waals surface area contributed by atoms with E-state index in [0.29, 0.717) is 31.5 Å². The van der Waals surface area contributed by atoms with Gasteiger partial charge in [0.2, 0.25) is 11.8 Å². The average molecular weight is 321 g/mol. The first-order chi connectivity index (χ1) is 11.0. The molecule has 1 aliphatic heterocycles. The molecule has 0 unspecified atom stereocenters. The molecule has 0 saturated carbocycles. The molecule has 1 atom stereocenters. The summed E-state index contributed by atoms with van der Waals surface area (Å²) in [7, 11) is 0. The molecule has 1 aromatic rings. The molecular formula is C16H23N3O4. The maximum absolute atomic E-state index is 12.1.